The van der Waals surface area contributed by atoms with E-state index in [4.69, 9.17) is 0 Å². The topological polar surface area (TPSA) is 52.7 Å². The molecule has 3 rings (SSSR count). The summed E-state index contributed by atoms with van der Waals surface area (Å²) in [6, 6.07) is 9.26. The molecule has 0 radical (unpaired) electrons. The van der Waals surface area contributed by atoms with E-state index >= 15 is 0 Å². The van der Waals surface area contributed by atoms with Crippen molar-refractivity contribution in [3.8, 4) is 0 Å². The van der Waals surface area contributed by atoms with E-state index in [9.17, 15) is 9.59 Å². The molecular formula is C19H27N3O2. The van der Waals surface area contributed by atoms with Crippen molar-refractivity contribution in [1.82, 2.24) is 15.1 Å². The Bertz CT molecular complexity index is 561. The second-order valence-corrected chi connectivity index (χ2v) is 6.86. The average molecular weight is 329 g/mol. The highest BCUT2D eigenvalue weighted by Crippen LogP contribution is 2.24. The molecule has 1 aliphatic carbocycles. The van der Waals surface area contributed by atoms with Gasteiger partial charge in [0.1, 0.15) is 6.04 Å². The summed E-state index contributed by atoms with van der Waals surface area (Å²) in [7, 11) is 0. The van der Waals surface area contributed by atoms with E-state index in [1.807, 2.05) is 23.1 Å². The Morgan fingerprint density at radius 3 is 2.29 bits per heavy atom. The van der Waals surface area contributed by atoms with Gasteiger partial charge in [-0.2, -0.15) is 0 Å². The molecular weight excluding hydrogens is 302 g/mol. The minimum atomic E-state index is -0.490. The molecule has 1 heterocycles. The zero-order chi connectivity index (χ0) is 16.9. The van der Waals surface area contributed by atoms with E-state index in [0.717, 1.165) is 32.2 Å². The van der Waals surface area contributed by atoms with Crippen LogP contribution in [0.3, 0.4) is 0 Å². The maximum Gasteiger partial charge on any atom is 0.251 e. The van der Waals surface area contributed by atoms with Gasteiger partial charge in [-0.3, -0.25) is 14.5 Å². The number of piperazine rings is 1. The van der Waals surface area contributed by atoms with Gasteiger partial charge in [-0.25, -0.2) is 0 Å². The van der Waals surface area contributed by atoms with E-state index in [1.54, 1.807) is 19.1 Å². The summed E-state index contributed by atoms with van der Waals surface area (Å²) >= 11 is 0. The first kappa shape index (κ1) is 17.0. The van der Waals surface area contributed by atoms with E-state index in [-0.39, 0.29) is 11.8 Å². The summed E-state index contributed by atoms with van der Waals surface area (Å²) in [5.74, 6) is -0.175. The van der Waals surface area contributed by atoms with Crippen molar-refractivity contribution in [3.05, 3.63) is 35.9 Å². The number of rotatable bonds is 4. The molecule has 1 saturated heterocycles. The highest BCUT2D eigenvalue weighted by atomic mass is 16.2. The lowest BCUT2D eigenvalue weighted by Crippen LogP contribution is -2.55. The van der Waals surface area contributed by atoms with Crippen LogP contribution in [0.5, 0.6) is 0 Å². The second kappa shape index (κ2) is 7.79. The number of hydrogen-bond donors (Lipinski definition) is 1. The van der Waals surface area contributed by atoms with Crippen LogP contribution in [0, 0.1) is 0 Å². The van der Waals surface area contributed by atoms with E-state index in [2.05, 4.69) is 10.2 Å². The number of benzene rings is 1. The fraction of sp³-hybridized carbons (Fsp3) is 0.579. The smallest absolute Gasteiger partial charge is 0.251 e. The number of nitrogens with zero attached hydrogens (tertiary/aromatic N) is 2. The molecule has 1 aromatic carbocycles. The van der Waals surface area contributed by atoms with Gasteiger partial charge in [0.15, 0.2) is 0 Å². The monoisotopic (exact) mass is 329 g/mol. The lowest BCUT2D eigenvalue weighted by molar-refractivity contribution is -0.134. The third-order valence-electron chi connectivity index (χ3n) is 5.22. The van der Waals surface area contributed by atoms with Gasteiger partial charge in [-0.1, -0.05) is 31.0 Å². The summed E-state index contributed by atoms with van der Waals surface area (Å²) in [6.07, 6.45) is 5.29. The highest BCUT2D eigenvalue weighted by Gasteiger charge is 2.29. The minimum Gasteiger partial charge on any atom is -0.341 e. The van der Waals surface area contributed by atoms with E-state index in [1.165, 1.54) is 25.7 Å². The van der Waals surface area contributed by atoms with Crippen LogP contribution in [-0.4, -0.2) is 59.9 Å². The van der Waals surface area contributed by atoms with Gasteiger partial charge in [0.25, 0.3) is 5.91 Å². The predicted molar refractivity (Wildman–Crippen MR) is 93.8 cm³/mol. The van der Waals surface area contributed by atoms with Crippen LogP contribution in [0.4, 0.5) is 0 Å². The molecule has 2 aliphatic rings. The first-order chi connectivity index (χ1) is 11.6. The summed E-state index contributed by atoms with van der Waals surface area (Å²) in [6.45, 7) is 5.21. The lowest BCUT2D eigenvalue weighted by atomic mass is 10.1. The van der Waals surface area contributed by atoms with Gasteiger partial charge in [0.05, 0.1) is 0 Å². The fourth-order valence-corrected chi connectivity index (χ4v) is 3.78. The lowest BCUT2D eigenvalue weighted by Gasteiger charge is -2.39. The van der Waals surface area contributed by atoms with E-state index < -0.39 is 6.04 Å². The molecule has 5 nitrogen and oxygen atoms in total. The van der Waals surface area contributed by atoms with Crippen molar-refractivity contribution < 1.29 is 9.59 Å². The molecule has 2 fully saturated rings. The number of nitrogens with one attached hydrogen (secondary N) is 1. The maximum absolute atomic E-state index is 12.6. The first-order valence-electron chi connectivity index (χ1n) is 9.04. The largest absolute Gasteiger partial charge is 0.341 e. The zero-order valence-corrected chi connectivity index (χ0v) is 14.4. The van der Waals surface area contributed by atoms with Crippen LogP contribution < -0.4 is 5.32 Å². The molecule has 1 atom stereocenters. The Morgan fingerprint density at radius 2 is 1.67 bits per heavy atom. The molecule has 130 valence electrons. The van der Waals surface area contributed by atoms with Crippen LogP contribution in [0.2, 0.25) is 0 Å². The molecule has 1 unspecified atom stereocenters. The Balaban J connectivity index is 1.48. The average Bonchev–Trinajstić information content (AvgIpc) is 3.16. The summed E-state index contributed by atoms with van der Waals surface area (Å²) < 4.78 is 0. The molecule has 0 aromatic heterocycles. The van der Waals surface area contributed by atoms with Crippen molar-refractivity contribution in [1.29, 1.82) is 0 Å². The van der Waals surface area contributed by atoms with Gasteiger partial charge in [-0.05, 0) is 31.9 Å². The Hall–Kier alpha value is -1.88. The van der Waals surface area contributed by atoms with Crippen LogP contribution in [0.15, 0.2) is 30.3 Å². The third-order valence-corrected chi connectivity index (χ3v) is 5.22. The summed E-state index contributed by atoms with van der Waals surface area (Å²) in [4.78, 5) is 29.2. The van der Waals surface area contributed by atoms with Crippen LogP contribution in [0.25, 0.3) is 0 Å². The van der Waals surface area contributed by atoms with Gasteiger partial charge in [-0.15, -0.1) is 0 Å². The number of carbonyl (C=O) groups is 2. The highest BCUT2D eigenvalue weighted by molar-refractivity contribution is 5.97. The Labute approximate surface area is 144 Å². The maximum atomic E-state index is 12.6. The van der Waals surface area contributed by atoms with Crippen molar-refractivity contribution in [2.75, 3.05) is 26.2 Å². The van der Waals surface area contributed by atoms with Crippen molar-refractivity contribution in [2.45, 2.75) is 44.7 Å². The van der Waals surface area contributed by atoms with Gasteiger partial charge < -0.3 is 10.2 Å². The molecule has 0 spiro atoms. The number of hydrogen-bond acceptors (Lipinski definition) is 3. The number of amides is 2. The van der Waals surface area contributed by atoms with Gasteiger partial charge in [0, 0.05) is 37.8 Å². The van der Waals surface area contributed by atoms with Gasteiger partial charge >= 0.3 is 0 Å². The molecule has 24 heavy (non-hydrogen) atoms. The van der Waals surface area contributed by atoms with Crippen LogP contribution in [-0.2, 0) is 4.79 Å². The molecule has 1 aliphatic heterocycles. The van der Waals surface area contributed by atoms with Crippen LogP contribution in [0.1, 0.15) is 43.0 Å². The second-order valence-electron chi connectivity index (χ2n) is 6.86. The van der Waals surface area contributed by atoms with Gasteiger partial charge in [0.2, 0.25) is 5.91 Å². The fourth-order valence-electron chi connectivity index (χ4n) is 3.78. The SMILES string of the molecule is CC(NC(=O)c1ccccc1)C(=O)N1CCN(C2CCCC2)CC1. The molecule has 0 bridgehead atoms. The quantitative estimate of drug-likeness (QED) is 0.918. The van der Waals surface area contributed by atoms with E-state index in [0.29, 0.717) is 5.56 Å². The molecule has 1 aromatic rings. The zero-order valence-electron chi connectivity index (χ0n) is 14.4. The van der Waals surface area contributed by atoms with Crippen LogP contribution >= 0.6 is 0 Å². The first-order valence-corrected chi connectivity index (χ1v) is 9.04. The molecule has 5 heteroatoms. The summed E-state index contributed by atoms with van der Waals surface area (Å²) in [5, 5.41) is 2.82. The van der Waals surface area contributed by atoms with Crippen molar-refractivity contribution in [3.63, 3.8) is 0 Å². The normalized spacial score (nSPS) is 20.8. The third kappa shape index (κ3) is 3.96. The van der Waals surface area contributed by atoms with Crippen molar-refractivity contribution >= 4 is 11.8 Å². The summed E-state index contributed by atoms with van der Waals surface area (Å²) in [5.41, 5.74) is 0.586. The van der Waals surface area contributed by atoms with Crippen molar-refractivity contribution in [2.24, 2.45) is 0 Å². The Morgan fingerprint density at radius 1 is 1.04 bits per heavy atom. The minimum absolute atomic E-state index is 0.0188. The molecule has 2 amide bonds. The Kier molecular flexibility index (Phi) is 5.51. The number of carbonyl (C=O) groups excluding carboxylic acids is 2. The predicted octanol–water partition coefficient (Wildman–Crippen LogP) is 1.89. The molecule has 1 saturated carbocycles. The molecule has 1 N–H and O–H groups in total. The standard InChI is InChI=1S/C19H27N3O2/c1-15(20-18(23)16-7-3-2-4-8-16)19(24)22-13-11-21(12-14-22)17-9-5-6-10-17/h2-4,7-8,15,17H,5-6,9-14H2,1H3,(H,20,23).